The average Bonchev–Trinajstić information content (AvgIpc) is 2.91. The van der Waals surface area contributed by atoms with E-state index in [4.69, 9.17) is 4.74 Å². The molecule has 0 fully saturated rings. The second-order valence-electron chi connectivity index (χ2n) is 6.59. The van der Waals surface area contributed by atoms with E-state index in [2.05, 4.69) is 5.32 Å². The molecule has 3 aromatic carbocycles. The number of ether oxygens (including phenoxy) is 1. The summed E-state index contributed by atoms with van der Waals surface area (Å²) in [6.45, 7) is 0.252. The maximum Gasteiger partial charge on any atom is 0.265 e. The Kier molecular flexibility index (Phi) is 4.68. The molecule has 3 aromatic rings. The number of amides is 1. The molecular weight excluding hydrogens is 376 g/mol. The minimum atomic E-state index is -3.58. The van der Waals surface area contributed by atoms with Crippen molar-refractivity contribution in [1.82, 2.24) is 0 Å². The summed E-state index contributed by atoms with van der Waals surface area (Å²) in [5, 5.41) is 4.47. The zero-order valence-corrected chi connectivity index (χ0v) is 16.2. The third-order valence-corrected chi connectivity index (χ3v) is 6.66. The van der Waals surface area contributed by atoms with Crippen LogP contribution in [0.25, 0.3) is 10.8 Å². The molecule has 28 heavy (non-hydrogen) atoms. The Balaban J connectivity index is 1.44. The lowest BCUT2D eigenvalue weighted by Gasteiger charge is -2.18. The third kappa shape index (κ3) is 3.18. The molecule has 0 aliphatic carbocycles. The number of methoxy groups -OCH3 is 1. The van der Waals surface area contributed by atoms with Gasteiger partial charge in [-0.3, -0.25) is 9.10 Å². The van der Waals surface area contributed by atoms with Crippen LogP contribution in [0.2, 0.25) is 0 Å². The molecule has 0 saturated heterocycles. The quantitative estimate of drug-likeness (QED) is 0.688. The van der Waals surface area contributed by atoms with Gasteiger partial charge in [0, 0.05) is 30.1 Å². The number of anilines is 2. The highest BCUT2D eigenvalue weighted by atomic mass is 32.2. The van der Waals surface area contributed by atoms with Gasteiger partial charge in [0.15, 0.2) is 0 Å². The Morgan fingerprint density at radius 1 is 1.07 bits per heavy atom. The molecule has 0 spiro atoms. The Morgan fingerprint density at radius 2 is 1.82 bits per heavy atom. The first-order valence-electron chi connectivity index (χ1n) is 8.99. The van der Waals surface area contributed by atoms with Crippen molar-refractivity contribution in [2.45, 2.75) is 17.7 Å². The molecule has 1 heterocycles. The summed E-state index contributed by atoms with van der Waals surface area (Å²) in [6, 6.07) is 18.0. The lowest BCUT2D eigenvalue weighted by molar-refractivity contribution is -0.116. The van der Waals surface area contributed by atoms with Crippen molar-refractivity contribution in [1.29, 1.82) is 0 Å². The molecule has 4 rings (SSSR count). The summed E-state index contributed by atoms with van der Waals surface area (Å²) in [7, 11) is -2.01. The van der Waals surface area contributed by atoms with E-state index < -0.39 is 10.0 Å². The van der Waals surface area contributed by atoms with Gasteiger partial charge in [-0.05, 0) is 36.1 Å². The molecule has 0 aromatic heterocycles. The predicted octanol–water partition coefficient (Wildman–Crippen LogP) is 3.78. The zero-order valence-electron chi connectivity index (χ0n) is 15.4. The molecule has 0 atom stereocenters. The Hall–Kier alpha value is -3.06. The van der Waals surface area contributed by atoms with E-state index in [0.717, 1.165) is 10.8 Å². The first-order valence-corrected chi connectivity index (χ1v) is 10.4. The van der Waals surface area contributed by atoms with E-state index >= 15 is 0 Å². The lowest BCUT2D eigenvalue weighted by atomic mass is 10.1. The van der Waals surface area contributed by atoms with Crippen LogP contribution >= 0.6 is 0 Å². The van der Waals surface area contributed by atoms with Crippen LogP contribution < -0.4 is 14.4 Å². The van der Waals surface area contributed by atoms with Crippen LogP contribution in [0.15, 0.2) is 65.6 Å². The van der Waals surface area contributed by atoms with Gasteiger partial charge < -0.3 is 10.1 Å². The van der Waals surface area contributed by atoms with E-state index in [1.54, 1.807) is 43.5 Å². The fourth-order valence-corrected chi connectivity index (χ4v) is 5.26. The van der Waals surface area contributed by atoms with Gasteiger partial charge in [-0.25, -0.2) is 8.42 Å². The second kappa shape index (κ2) is 7.16. The predicted molar refractivity (Wildman–Crippen MR) is 109 cm³/mol. The molecule has 7 heteroatoms. The van der Waals surface area contributed by atoms with Gasteiger partial charge >= 0.3 is 0 Å². The fourth-order valence-electron chi connectivity index (χ4n) is 3.51. The SMILES string of the molecule is COc1cccc(NC(=O)CCCN2c3cccc4cccc(c34)S2(=O)=O)c1. The number of nitrogens with one attached hydrogen (secondary N) is 1. The van der Waals surface area contributed by atoms with Crippen LogP contribution in [0.3, 0.4) is 0 Å². The van der Waals surface area contributed by atoms with Crippen molar-refractivity contribution in [2.75, 3.05) is 23.3 Å². The topological polar surface area (TPSA) is 75.7 Å². The van der Waals surface area contributed by atoms with Gasteiger partial charge in [0.1, 0.15) is 5.75 Å². The normalized spacial score (nSPS) is 14.2. The number of hydrogen-bond acceptors (Lipinski definition) is 4. The Morgan fingerprint density at radius 3 is 2.61 bits per heavy atom. The van der Waals surface area contributed by atoms with Crippen LogP contribution in [0.4, 0.5) is 11.4 Å². The summed E-state index contributed by atoms with van der Waals surface area (Å²) in [5.41, 5.74) is 1.33. The molecule has 0 unspecified atom stereocenters. The summed E-state index contributed by atoms with van der Waals surface area (Å²) in [5.74, 6) is 0.493. The van der Waals surface area contributed by atoms with E-state index in [1.807, 2.05) is 24.3 Å². The molecule has 0 saturated carbocycles. The van der Waals surface area contributed by atoms with Gasteiger partial charge in [-0.15, -0.1) is 0 Å². The van der Waals surface area contributed by atoms with Crippen LogP contribution in [0, 0.1) is 0 Å². The monoisotopic (exact) mass is 396 g/mol. The van der Waals surface area contributed by atoms with Gasteiger partial charge in [0.25, 0.3) is 10.0 Å². The summed E-state index contributed by atoms with van der Waals surface area (Å²) in [4.78, 5) is 12.6. The summed E-state index contributed by atoms with van der Waals surface area (Å²) in [6.07, 6.45) is 0.634. The third-order valence-electron chi connectivity index (χ3n) is 4.80. The standard InChI is InChI=1S/C21H20N2O4S/c1-27-17-9-4-8-16(14-17)22-20(24)12-5-13-23-18-10-2-6-15-7-3-11-19(21(15)18)28(23,25)26/h2-4,6-11,14H,5,12-13H2,1H3,(H,22,24). The molecule has 6 nitrogen and oxygen atoms in total. The van der Waals surface area contributed by atoms with Crippen LogP contribution in [0.1, 0.15) is 12.8 Å². The Labute approximate surface area is 163 Å². The van der Waals surface area contributed by atoms with E-state index in [9.17, 15) is 13.2 Å². The number of sulfonamides is 1. The molecule has 0 radical (unpaired) electrons. The van der Waals surface area contributed by atoms with Crippen molar-refractivity contribution in [3.8, 4) is 5.75 Å². The fraction of sp³-hybridized carbons (Fsp3) is 0.190. The summed E-state index contributed by atoms with van der Waals surface area (Å²) >= 11 is 0. The van der Waals surface area contributed by atoms with Crippen LogP contribution in [0.5, 0.6) is 5.75 Å². The van der Waals surface area contributed by atoms with Crippen molar-refractivity contribution in [2.24, 2.45) is 0 Å². The van der Waals surface area contributed by atoms with Gasteiger partial charge in [0.05, 0.1) is 17.7 Å². The minimum absolute atomic E-state index is 0.166. The van der Waals surface area contributed by atoms with Gasteiger partial charge in [0.2, 0.25) is 5.91 Å². The van der Waals surface area contributed by atoms with Gasteiger partial charge in [-0.1, -0.05) is 30.3 Å². The summed E-state index contributed by atoms with van der Waals surface area (Å²) < 4.78 is 32.4. The van der Waals surface area contributed by atoms with E-state index in [1.165, 1.54) is 4.31 Å². The maximum absolute atomic E-state index is 12.9. The molecule has 0 bridgehead atoms. The molecule has 1 aliphatic heterocycles. The van der Waals surface area contributed by atoms with Crippen molar-refractivity contribution in [3.05, 3.63) is 60.7 Å². The molecular formula is C21H20N2O4S. The number of hydrogen-bond donors (Lipinski definition) is 1. The highest BCUT2D eigenvalue weighted by Gasteiger charge is 2.34. The first kappa shape index (κ1) is 18.3. The number of rotatable bonds is 6. The minimum Gasteiger partial charge on any atom is -0.497 e. The maximum atomic E-state index is 12.9. The van der Waals surface area contributed by atoms with E-state index in [-0.39, 0.29) is 18.9 Å². The number of carbonyl (C=O) groups excluding carboxylic acids is 1. The zero-order chi connectivity index (χ0) is 19.7. The number of nitrogens with zero attached hydrogens (tertiary/aromatic N) is 1. The van der Waals surface area contributed by atoms with Crippen LogP contribution in [-0.4, -0.2) is 28.0 Å². The molecule has 1 aliphatic rings. The Bertz CT molecular complexity index is 1150. The molecule has 1 N–H and O–H groups in total. The van der Waals surface area contributed by atoms with Crippen molar-refractivity contribution in [3.63, 3.8) is 0 Å². The van der Waals surface area contributed by atoms with E-state index in [0.29, 0.717) is 28.4 Å². The number of carbonyl (C=O) groups is 1. The molecule has 1 amide bonds. The van der Waals surface area contributed by atoms with Gasteiger partial charge in [-0.2, -0.15) is 0 Å². The second-order valence-corrected chi connectivity index (χ2v) is 8.42. The number of benzene rings is 3. The first-order chi connectivity index (χ1) is 13.5. The van der Waals surface area contributed by atoms with Crippen LogP contribution in [-0.2, 0) is 14.8 Å². The average molecular weight is 396 g/mol. The molecule has 144 valence electrons. The highest BCUT2D eigenvalue weighted by molar-refractivity contribution is 7.93. The smallest absolute Gasteiger partial charge is 0.265 e. The van der Waals surface area contributed by atoms with Crippen molar-refractivity contribution >= 4 is 38.1 Å². The largest absolute Gasteiger partial charge is 0.497 e. The highest BCUT2D eigenvalue weighted by Crippen LogP contribution is 2.41. The van der Waals surface area contributed by atoms with Crippen molar-refractivity contribution < 1.29 is 17.9 Å². The lowest BCUT2D eigenvalue weighted by Crippen LogP contribution is -2.28.